The molecule has 1 aromatic rings. The third-order valence-electron chi connectivity index (χ3n) is 2.56. The van der Waals surface area contributed by atoms with E-state index in [0.29, 0.717) is 11.0 Å². The maximum Gasteiger partial charge on any atom is 0.252 e. The van der Waals surface area contributed by atoms with Crippen molar-refractivity contribution in [2.24, 2.45) is 0 Å². The quantitative estimate of drug-likeness (QED) is 0.597. The second kappa shape index (κ2) is 4.49. The van der Waals surface area contributed by atoms with E-state index in [-0.39, 0.29) is 18.2 Å². The highest BCUT2D eigenvalue weighted by molar-refractivity contribution is 9.12. The normalized spacial score (nSPS) is 24.5. The molecule has 17 heavy (non-hydrogen) atoms. The minimum absolute atomic E-state index is 0.0917. The third kappa shape index (κ3) is 2.15. The average molecular weight is 365 g/mol. The lowest BCUT2D eigenvalue weighted by molar-refractivity contribution is -0.121. The first kappa shape index (κ1) is 12.7. The molecule has 90 valence electrons. The molecule has 1 aliphatic rings. The number of anilines is 1. The zero-order valence-corrected chi connectivity index (χ0v) is 11.8. The number of amides is 2. The fourth-order valence-corrected chi connectivity index (χ4v) is 2.52. The molecule has 0 aliphatic carbocycles. The predicted octanol–water partition coefficient (Wildman–Crippen LogP) is 2.62. The van der Waals surface area contributed by atoms with Crippen LogP contribution in [0, 0.1) is 5.82 Å². The van der Waals surface area contributed by atoms with E-state index in [9.17, 15) is 14.0 Å². The van der Waals surface area contributed by atoms with Gasteiger partial charge in [-0.25, -0.2) is 9.29 Å². The van der Waals surface area contributed by atoms with Crippen LogP contribution in [0.1, 0.15) is 6.42 Å². The average Bonchev–Trinajstić information content (AvgIpc) is 2.53. The molecule has 1 atom stereocenters. The van der Waals surface area contributed by atoms with E-state index in [0.717, 1.165) is 4.90 Å². The van der Waals surface area contributed by atoms with Gasteiger partial charge in [0.2, 0.25) is 5.91 Å². The summed E-state index contributed by atoms with van der Waals surface area (Å²) in [6.07, 6.45) is 0.0917. The fourth-order valence-electron chi connectivity index (χ4n) is 1.66. The van der Waals surface area contributed by atoms with E-state index in [2.05, 4.69) is 31.9 Å². The van der Waals surface area contributed by atoms with Crippen molar-refractivity contribution in [2.45, 2.75) is 10.7 Å². The number of nitrogens with zero attached hydrogens (tertiary/aromatic N) is 1. The summed E-state index contributed by atoms with van der Waals surface area (Å²) in [6, 6.07) is 5.27. The van der Waals surface area contributed by atoms with Gasteiger partial charge >= 0.3 is 0 Å². The molecule has 0 saturated carbocycles. The molecule has 1 aromatic carbocycles. The molecule has 3 nitrogen and oxygen atoms in total. The maximum absolute atomic E-state index is 12.8. The molecule has 1 aliphatic heterocycles. The van der Waals surface area contributed by atoms with Gasteiger partial charge in [0, 0.05) is 5.33 Å². The number of hydrogen-bond donors (Lipinski definition) is 0. The summed E-state index contributed by atoms with van der Waals surface area (Å²) >= 11 is 6.48. The first-order valence-corrected chi connectivity index (χ1v) is 6.77. The van der Waals surface area contributed by atoms with Crippen molar-refractivity contribution in [2.75, 3.05) is 10.2 Å². The highest BCUT2D eigenvalue weighted by Crippen LogP contribution is 2.37. The molecule has 0 spiro atoms. The third-order valence-corrected chi connectivity index (χ3v) is 5.17. The van der Waals surface area contributed by atoms with E-state index < -0.39 is 10.1 Å². The van der Waals surface area contributed by atoms with Gasteiger partial charge in [-0.05, 0) is 24.3 Å². The number of carbonyl (C=O) groups excluding carboxylic acids is 2. The summed E-state index contributed by atoms with van der Waals surface area (Å²) in [4.78, 5) is 25.0. The summed E-state index contributed by atoms with van der Waals surface area (Å²) in [5, 5.41) is 0.349. The lowest BCUT2D eigenvalue weighted by Crippen LogP contribution is -2.37. The van der Waals surface area contributed by atoms with Crippen LogP contribution in [-0.2, 0) is 9.59 Å². The van der Waals surface area contributed by atoms with Gasteiger partial charge < -0.3 is 0 Å². The first-order valence-electron chi connectivity index (χ1n) is 4.86. The largest absolute Gasteiger partial charge is 0.274 e. The Kier molecular flexibility index (Phi) is 3.36. The topological polar surface area (TPSA) is 37.4 Å². The lowest BCUT2D eigenvalue weighted by Gasteiger charge is -2.18. The van der Waals surface area contributed by atoms with Gasteiger partial charge in [0.15, 0.2) is 0 Å². The Morgan fingerprint density at radius 3 is 2.35 bits per heavy atom. The number of alkyl halides is 2. The number of imide groups is 1. The zero-order valence-electron chi connectivity index (χ0n) is 8.62. The van der Waals surface area contributed by atoms with Gasteiger partial charge in [0.05, 0.1) is 12.1 Å². The number of carbonyl (C=O) groups is 2. The maximum atomic E-state index is 12.8. The predicted molar refractivity (Wildman–Crippen MR) is 69.0 cm³/mol. The van der Waals surface area contributed by atoms with Crippen LogP contribution in [0.2, 0.25) is 0 Å². The highest BCUT2D eigenvalue weighted by Gasteiger charge is 2.49. The molecule has 1 heterocycles. The van der Waals surface area contributed by atoms with Crippen molar-refractivity contribution in [3.63, 3.8) is 0 Å². The molecule has 1 unspecified atom stereocenters. The minimum Gasteiger partial charge on any atom is -0.274 e. The number of halogens is 3. The van der Waals surface area contributed by atoms with Gasteiger partial charge in [0.25, 0.3) is 5.91 Å². The van der Waals surface area contributed by atoms with Crippen LogP contribution in [0.3, 0.4) is 0 Å². The smallest absolute Gasteiger partial charge is 0.252 e. The monoisotopic (exact) mass is 363 g/mol. The molecule has 2 rings (SSSR count). The second-order valence-corrected chi connectivity index (χ2v) is 5.87. The number of hydrogen-bond acceptors (Lipinski definition) is 2. The Balaban J connectivity index is 2.37. The molecular formula is C11H8Br2FNO2. The molecule has 1 saturated heterocycles. The summed E-state index contributed by atoms with van der Waals surface area (Å²) in [5.41, 5.74) is 0.392. The standard InChI is InChI=1S/C11H8Br2FNO2/c12-6-11(13)5-9(16)15(10(11)17)8-3-1-7(14)2-4-8/h1-4H,5-6H2. The van der Waals surface area contributed by atoms with E-state index in [1.807, 2.05) is 0 Å². The Labute approximate surface area is 114 Å². The van der Waals surface area contributed by atoms with Gasteiger partial charge in [-0.15, -0.1) is 0 Å². The number of benzene rings is 1. The Hall–Kier alpha value is -0.750. The SMILES string of the molecule is O=C1CC(Br)(CBr)C(=O)N1c1ccc(F)cc1. The van der Waals surface area contributed by atoms with E-state index >= 15 is 0 Å². The molecule has 1 fully saturated rings. The van der Waals surface area contributed by atoms with Crippen molar-refractivity contribution in [1.29, 1.82) is 0 Å². The van der Waals surface area contributed by atoms with Crippen LogP contribution in [0.5, 0.6) is 0 Å². The molecule has 6 heteroatoms. The molecule has 2 amide bonds. The molecular weight excluding hydrogens is 357 g/mol. The molecule has 0 aromatic heterocycles. The van der Waals surface area contributed by atoms with Crippen molar-refractivity contribution in [1.82, 2.24) is 0 Å². The highest BCUT2D eigenvalue weighted by atomic mass is 79.9. The summed E-state index contributed by atoms with van der Waals surface area (Å²) in [6.45, 7) is 0. The van der Waals surface area contributed by atoms with Crippen molar-refractivity contribution in [3.8, 4) is 0 Å². The van der Waals surface area contributed by atoms with Crippen molar-refractivity contribution in [3.05, 3.63) is 30.1 Å². The van der Waals surface area contributed by atoms with Crippen LogP contribution >= 0.6 is 31.9 Å². The summed E-state index contributed by atoms with van der Waals surface area (Å²) < 4.78 is 11.9. The minimum atomic E-state index is -0.890. The van der Waals surface area contributed by atoms with Crippen LogP contribution in [0.15, 0.2) is 24.3 Å². The van der Waals surface area contributed by atoms with Crippen LogP contribution < -0.4 is 4.90 Å². The Morgan fingerprint density at radius 1 is 1.29 bits per heavy atom. The van der Waals surface area contributed by atoms with Crippen LogP contribution in [0.25, 0.3) is 0 Å². The van der Waals surface area contributed by atoms with Crippen molar-refractivity contribution >= 4 is 49.4 Å². The second-order valence-electron chi connectivity index (χ2n) is 3.79. The van der Waals surface area contributed by atoms with E-state index in [1.54, 1.807) is 0 Å². The van der Waals surface area contributed by atoms with Gasteiger partial charge in [0.1, 0.15) is 10.1 Å². The summed E-state index contributed by atoms with van der Waals surface area (Å²) in [5.74, 6) is -1.03. The Morgan fingerprint density at radius 2 is 1.88 bits per heavy atom. The summed E-state index contributed by atoms with van der Waals surface area (Å²) in [7, 11) is 0. The van der Waals surface area contributed by atoms with Gasteiger partial charge in [-0.2, -0.15) is 0 Å². The van der Waals surface area contributed by atoms with Crippen LogP contribution in [-0.4, -0.2) is 21.5 Å². The van der Waals surface area contributed by atoms with E-state index in [1.165, 1.54) is 24.3 Å². The first-order chi connectivity index (χ1) is 7.98. The molecule has 0 radical (unpaired) electrons. The lowest BCUT2D eigenvalue weighted by atomic mass is 10.1. The fraction of sp³-hybridized carbons (Fsp3) is 0.273. The molecule has 0 bridgehead atoms. The Bertz CT molecular complexity index is 477. The number of rotatable bonds is 2. The molecule has 0 N–H and O–H groups in total. The van der Waals surface area contributed by atoms with Crippen LogP contribution in [0.4, 0.5) is 10.1 Å². The van der Waals surface area contributed by atoms with E-state index in [4.69, 9.17) is 0 Å². The zero-order chi connectivity index (χ0) is 12.6. The van der Waals surface area contributed by atoms with Gasteiger partial charge in [-0.3, -0.25) is 9.59 Å². The van der Waals surface area contributed by atoms with Gasteiger partial charge in [-0.1, -0.05) is 31.9 Å². The van der Waals surface area contributed by atoms with Crippen molar-refractivity contribution < 1.29 is 14.0 Å².